The topological polar surface area (TPSA) is 115 Å². The van der Waals surface area contributed by atoms with Gasteiger partial charge in [-0.3, -0.25) is 9.69 Å². The van der Waals surface area contributed by atoms with E-state index in [4.69, 9.17) is 25.8 Å². The molecule has 16 heteroatoms. The smallest absolute Gasteiger partial charge is 0.497 e. The lowest BCUT2D eigenvalue weighted by atomic mass is 9.80. The van der Waals surface area contributed by atoms with Gasteiger partial charge in [-0.05, 0) is 88.2 Å². The monoisotopic (exact) mass is 779 g/mol. The van der Waals surface area contributed by atoms with E-state index in [0.29, 0.717) is 22.8 Å². The number of carbonyl (C=O) groups excluding carboxylic acids is 2. The van der Waals surface area contributed by atoms with Crippen molar-refractivity contribution in [2.45, 2.75) is 68.0 Å². The van der Waals surface area contributed by atoms with Gasteiger partial charge < -0.3 is 28.6 Å². The minimum absolute atomic E-state index is 0.0285. The zero-order valence-electron chi connectivity index (χ0n) is 29.5. The molecule has 3 aliphatic heterocycles. The Morgan fingerprint density at radius 2 is 1.72 bits per heavy atom. The van der Waals surface area contributed by atoms with Gasteiger partial charge in [-0.2, -0.15) is 0 Å². The summed E-state index contributed by atoms with van der Waals surface area (Å²) in [5.41, 5.74) is -1.26. The number of benzene rings is 3. The number of rotatable bonds is 13. The average molecular weight is 780 g/mol. The second kappa shape index (κ2) is 15.5. The van der Waals surface area contributed by atoms with Gasteiger partial charge in [-0.15, -0.1) is 13.2 Å². The predicted molar refractivity (Wildman–Crippen MR) is 190 cm³/mol. The molecule has 1 unspecified atom stereocenters. The van der Waals surface area contributed by atoms with Gasteiger partial charge in [0, 0.05) is 41.9 Å². The molecule has 1 amide bonds. The number of alkyl halides is 3. The Bertz CT molecular complexity index is 1960. The fourth-order valence-electron chi connectivity index (χ4n) is 7.70. The van der Waals surface area contributed by atoms with Gasteiger partial charge in [0.1, 0.15) is 22.7 Å². The highest BCUT2D eigenvalue weighted by molar-refractivity contribution is 7.93. The lowest BCUT2D eigenvalue weighted by Gasteiger charge is -2.41. The summed E-state index contributed by atoms with van der Waals surface area (Å²) in [5.74, 6) is -2.09. The highest BCUT2D eigenvalue weighted by Gasteiger charge is 2.63. The quantitative estimate of drug-likeness (QED) is 0.150. The molecular formula is C37H41ClF3N3O8S. The van der Waals surface area contributed by atoms with Crippen molar-refractivity contribution >= 4 is 39.5 Å². The zero-order valence-corrected chi connectivity index (χ0v) is 31.1. The number of hydrogen-bond donors (Lipinski definition) is 0. The van der Waals surface area contributed by atoms with Crippen LogP contribution in [0.15, 0.2) is 59.5 Å². The van der Waals surface area contributed by atoms with Crippen molar-refractivity contribution in [1.82, 2.24) is 9.80 Å². The number of sulfonamides is 1. The van der Waals surface area contributed by atoms with Crippen LogP contribution in [0.25, 0.3) is 0 Å². The van der Waals surface area contributed by atoms with Crippen molar-refractivity contribution in [2.24, 2.45) is 0 Å². The first-order chi connectivity index (χ1) is 25.2. The second-order valence-electron chi connectivity index (χ2n) is 13.4. The minimum Gasteiger partial charge on any atom is -0.497 e. The normalized spacial score (nSPS) is 22.5. The van der Waals surface area contributed by atoms with Crippen LogP contribution >= 0.6 is 11.6 Å². The van der Waals surface area contributed by atoms with E-state index in [2.05, 4.69) is 9.64 Å². The maximum Gasteiger partial charge on any atom is 0.573 e. The van der Waals surface area contributed by atoms with Crippen LogP contribution in [0.2, 0.25) is 5.02 Å². The van der Waals surface area contributed by atoms with E-state index >= 15 is 4.79 Å². The summed E-state index contributed by atoms with van der Waals surface area (Å²) in [6.45, 7) is 5.14. The van der Waals surface area contributed by atoms with Crippen molar-refractivity contribution in [3.8, 4) is 17.2 Å². The van der Waals surface area contributed by atoms with Crippen LogP contribution in [0.1, 0.15) is 48.8 Å². The molecule has 0 spiro atoms. The largest absolute Gasteiger partial charge is 0.573 e. The lowest BCUT2D eigenvalue weighted by molar-refractivity contribution is -0.275. The summed E-state index contributed by atoms with van der Waals surface area (Å²) >= 11 is 6.57. The molecule has 2 saturated heterocycles. The van der Waals surface area contributed by atoms with Crippen LogP contribution in [-0.4, -0.2) is 95.9 Å². The van der Waals surface area contributed by atoms with E-state index in [1.54, 1.807) is 30.0 Å². The molecule has 286 valence electrons. The fourth-order valence-corrected chi connectivity index (χ4v) is 9.43. The number of ether oxygens (including phenoxy) is 4. The number of nitrogens with zero attached hydrogens (tertiary/aromatic N) is 3. The summed E-state index contributed by atoms with van der Waals surface area (Å²) in [5, 5.41) is 0.143. The van der Waals surface area contributed by atoms with Crippen LogP contribution < -0.4 is 18.5 Å². The first kappa shape index (κ1) is 38.8. The predicted octanol–water partition coefficient (Wildman–Crippen LogP) is 6.08. The number of piperidine rings is 1. The minimum atomic E-state index is -5.29. The molecule has 3 aliphatic rings. The van der Waals surface area contributed by atoms with E-state index in [-0.39, 0.29) is 46.3 Å². The number of amides is 1. The molecule has 0 bridgehead atoms. The Kier molecular flexibility index (Phi) is 11.3. The SMILES string of the molecule is COc1ccc(S(=O)(=O)N2C(=O)C(c3cc(C)ccc3OC)(N3C[C@H](OCCCN4CCCCC4)C[C@H]3C=O)c3cc(Cl)ccc32)c(OC(F)(F)F)c1. The third-order valence-electron chi connectivity index (χ3n) is 10.0. The van der Waals surface area contributed by atoms with Crippen molar-refractivity contribution < 1.29 is 50.1 Å². The van der Waals surface area contributed by atoms with Gasteiger partial charge in [0.15, 0.2) is 11.3 Å². The first-order valence-corrected chi connectivity index (χ1v) is 19.1. The van der Waals surface area contributed by atoms with Crippen molar-refractivity contribution in [1.29, 1.82) is 0 Å². The number of halogens is 4. The molecule has 0 aliphatic carbocycles. The Morgan fingerprint density at radius 3 is 2.40 bits per heavy atom. The van der Waals surface area contributed by atoms with E-state index in [1.165, 1.54) is 38.8 Å². The van der Waals surface area contributed by atoms with E-state index in [1.807, 2.05) is 0 Å². The average Bonchev–Trinajstić information content (AvgIpc) is 3.65. The lowest BCUT2D eigenvalue weighted by Crippen LogP contribution is -2.57. The van der Waals surface area contributed by atoms with Gasteiger partial charge in [0.05, 0.1) is 32.1 Å². The van der Waals surface area contributed by atoms with Crippen LogP contribution in [0.4, 0.5) is 18.9 Å². The number of aldehydes is 1. The van der Waals surface area contributed by atoms with Crippen LogP contribution in [0.3, 0.4) is 0 Å². The molecule has 3 aromatic carbocycles. The van der Waals surface area contributed by atoms with Gasteiger partial charge in [0.25, 0.3) is 15.9 Å². The second-order valence-corrected chi connectivity index (χ2v) is 15.5. The van der Waals surface area contributed by atoms with Crippen LogP contribution in [0.5, 0.6) is 17.2 Å². The van der Waals surface area contributed by atoms with Crippen molar-refractivity contribution in [3.05, 3.63) is 76.3 Å². The van der Waals surface area contributed by atoms with Crippen LogP contribution in [-0.2, 0) is 29.9 Å². The molecular weight excluding hydrogens is 739 g/mol. The van der Waals surface area contributed by atoms with Gasteiger partial charge in [0.2, 0.25) is 0 Å². The molecule has 53 heavy (non-hydrogen) atoms. The Balaban J connectivity index is 1.49. The summed E-state index contributed by atoms with van der Waals surface area (Å²) in [6, 6.07) is 11.0. The third kappa shape index (κ3) is 7.46. The van der Waals surface area contributed by atoms with Gasteiger partial charge in [-0.25, -0.2) is 12.7 Å². The zero-order chi connectivity index (χ0) is 38.1. The molecule has 0 radical (unpaired) electrons. The number of methoxy groups -OCH3 is 2. The Labute approximate surface area is 311 Å². The molecule has 3 aromatic rings. The molecule has 0 N–H and O–H groups in total. The summed E-state index contributed by atoms with van der Waals surface area (Å²) in [6.07, 6.45) is -0.627. The molecule has 0 aromatic heterocycles. The maximum atomic E-state index is 15.5. The molecule has 11 nitrogen and oxygen atoms in total. The fraction of sp³-hybridized carbons (Fsp3) is 0.459. The molecule has 0 saturated carbocycles. The Hall–Kier alpha value is -3.89. The molecule has 3 heterocycles. The number of likely N-dealkylation sites (tertiary alicyclic amines) is 2. The number of hydrogen-bond acceptors (Lipinski definition) is 10. The maximum absolute atomic E-state index is 15.5. The Morgan fingerprint density at radius 1 is 0.962 bits per heavy atom. The van der Waals surface area contributed by atoms with Crippen LogP contribution in [0, 0.1) is 6.92 Å². The first-order valence-electron chi connectivity index (χ1n) is 17.3. The standard InChI is InChI=1S/C37H41ClF3N3O8S/c1-24-8-12-32(50-3)30(18-24)36(43-22-28(20-26(43)23-45)51-17-7-16-42-14-5-4-6-15-42)29-19-25(38)9-11-31(29)44(35(36)46)53(47,48)34-13-10-27(49-2)21-33(34)52-37(39,40)41/h8-13,18-19,21,23,26,28H,4-7,14-17,20,22H2,1-3H3/t26-,28+,36?/m0/s1. The summed E-state index contributed by atoms with van der Waals surface area (Å²) < 4.78 is 92.1. The summed E-state index contributed by atoms with van der Waals surface area (Å²) in [4.78, 5) is 31.4. The van der Waals surface area contributed by atoms with E-state index in [0.717, 1.165) is 57.1 Å². The van der Waals surface area contributed by atoms with Gasteiger partial charge >= 0.3 is 6.36 Å². The van der Waals surface area contributed by atoms with E-state index in [9.17, 15) is 26.4 Å². The number of fused-ring (bicyclic) bond motifs is 1. The number of aryl methyl sites for hydroxylation is 1. The highest BCUT2D eigenvalue weighted by Crippen LogP contribution is 2.55. The molecule has 6 rings (SSSR count). The van der Waals surface area contributed by atoms with Crippen molar-refractivity contribution in [3.63, 3.8) is 0 Å². The summed E-state index contributed by atoms with van der Waals surface area (Å²) in [7, 11) is -2.59. The molecule has 3 atom stereocenters. The van der Waals surface area contributed by atoms with Gasteiger partial charge in [-0.1, -0.05) is 29.7 Å². The number of anilines is 1. The highest BCUT2D eigenvalue weighted by atomic mass is 35.5. The third-order valence-corrected chi connectivity index (χ3v) is 12.0. The van der Waals surface area contributed by atoms with Crippen molar-refractivity contribution in [2.75, 3.05) is 51.3 Å². The number of carbonyl (C=O) groups is 2. The van der Waals surface area contributed by atoms with E-state index < -0.39 is 50.6 Å². The molecule has 2 fully saturated rings.